The maximum absolute atomic E-state index is 13.4. The number of pyridine rings is 1. The van der Waals surface area contributed by atoms with Gasteiger partial charge in [0.05, 0.1) is 22.4 Å². The van der Waals surface area contributed by atoms with Crippen LogP contribution < -0.4 is 10.6 Å². The molecule has 0 fully saturated rings. The Morgan fingerprint density at radius 2 is 1.97 bits per heavy atom. The van der Waals surface area contributed by atoms with Crippen LogP contribution in [0.4, 0.5) is 17.3 Å². The first-order valence-electron chi connectivity index (χ1n) is 10.4. The maximum Gasteiger partial charge on any atom is 0.269 e. The summed E-state index contributed by atoms with van der Waals surface area (Å²) in [6.07, 6.45) is 3.18. The van der Waals surface area contributed by atoms with Gasteiger partial charge in [0.25, 0.3) is 11.6 Å². The van der Waals surface area contributed by atoms with E-state index in [1.54, 1.807) is 54.3 Å². The largest absolute Gasteiger partial charge is 0.464 e. The van der Waals surface area contributed by atoms with Crippen molar-refractivity contribution in [3.05, 3.63) is 93.8 Å². The van der Waals surface area contributed by atoms with Gasteiger partial charge in [-0.15, -0.1) is 5.10 Å². The van der Waals surface area contributed by atoms with E-state index in [2.05, 4.69) is 25.7 Å². The predicted octanol–water partition coefficient (Wildman–Crippen LogP) is 4.08. The fourth-order valence-corrected chi connectivity index (χ4v) is 3.80. The number of nitro benzene ring substituents is 1. The van der Waals surface area contributed by atoms with Crippen LogP contribution in [0.5, 0.6) is 0 Å². The molecule has 4 heterocycles. The molecule has 0 saturated carbocycles. The second kappa shape index (κ2) is 8.28. The van der Waals surface area contributed by atoms with E-state index in [-0.39, 0.29) is 11.6 Å². The Bertz CT molecular complexity index is 1420. The van der Waals surface area contributed by atoms with Crippen molar-refractivity contribution in [2.75, 3.05) is 10.6 Å². The fourth-order valence-electron chi connectivity index (χ4n) is 3.80. The molecule has 0 bridgehead atoms. The maximum atomic E-state index is 13.4. The monoisotopic (exact) mass is 457 g/mol. The number of carbonyl (C=O) groups excluding carboxylic acids is 1. The van der Waals surface area contributed by atoms with Crippen LogP contribution in [-0.2, 0) is 4.79 Å². The van der Waals surface area contributed by atoms with Crippen LogP contribution in [0.2, 0.25) is 0 Å². The van der Waals surface area contributed by atoms with Crippen molar-refractivity contribution in [1.29, 1.82) is 0 Å². The van der Waals surface area contributed by atoms with E-state index in [9.17, 15) is 14.9 Å². The van der Waals surface area contributed by atoms with Gasteiger partial charge in [-0.25, -0.2) is 4.68 Å². The van der Waals surface area contributed by atoms with Crippen LogP contribution in [0.1, 0.15) is 24.5 Å². The Balaban J connectivity index is 1.56. The second-order valence-corrected chi connectivity index (χ2v) is 7.72. The number of amides is 1. The van der Waals surface area contributed by atoms with Crippen molar-refractivity contribution in [3.8, 4) is 11.4 Å². The number of benzene rings is 1. The zero-order chi connectivity index (χ0) is 23.8. The minimum Gasteiger partial charge on any atom is -0.464 e. The summed E-state index contributed by atoms with van der Waals surface area (Å²) in [7, 11) is 0. The highest BCUT2D eigenvalue weighted by Crippen LogP contribution is 2.37. The molecule has 5 rings (SSSR count). The molecule has 0 radical (unpaired) electrons. The number of anilines is 2. The van der Waals surface area contributed by atoms with Gasteiger partial charge < -0.3 is 15.1 Å². The van der Waals surface area contributed by atoms with E-state index in [4.69, 9.17) is 4.42 Å². The van der Waals surface area contributed by atoms with E-state index < -0.39 is 11.0 Å². The van der Waals surface area contributed by atoms with Gasteiger partial charge in [0.15, 0.2) is 5.82 Å². The summed E-state index contributed by atoms with van der Waals surface area (Å²) in [6.45, 7) is 3.60. The smallest absolute Gasteiger partial charge is 0.269 e. The molecule has 11 heteroatoms. The first-order valence-corrected chi connectivity index (χ1v) is 10.4. The number of aromatic nitrogens is 4. The molecule has 2 N–H and O–H groups in total. The minimum atomic E-state index is -0.680. The zero-order valence-electron chi connectivity index (χ0n) is 18.2. The summed E-state index contributed by atoms with van der Waals surface area (Å²) in [5.74, 6) is 1.65. The highest BCUT2D eigenvalue weighted by Gasteiger charge is 2.36. The van der Waals surface area contributed by atoms with Gasteiger partial charge in [0.2, 0.25) is 5.95 Å². The summed E-state index contributed by atoms with van der Waals surface area (Å²) in [5, 5.41) is 21.6. The van der Waals surface area contributed by atoms with Crippen LogP contribution in [0.15, 0.2) is 76.6 Å². The molecular weight excluding hydrogens is 438 g/mol. The number of fused-ring (bicyclic) bond motifs is 1. The molecule has 1 amide bonds. The van der Waals surface area contributed by atoms with Crippen molar-refractivity contribution in [2.24, 2.45) is 0 Å². The van der Waals surface area contributed by atoms with Crippen molar-refractivity contribution in [3.63, 3.8) is 0 Å². The molecule has 1 aromatic carbocycles. The first kappa shape index (κ1) is 21.1. The molecule has 1 aliphatic heterocycles. The number of aryl methyl sites for hydroxylation is 1. The third-order valence-corrected chi connectivity index (χ3v) is 5.38. The molecule has 0 aliphatic carbocycles. The summed E-state index contributed by atoms with van der Waals surface area (Å²) < 4.78 is 7.48. The quantitative estimate of drug-likeness (QED) is 0.337. The van der Waals surface area contributed by atoms with Gasteiger partial charge in [-0.05, 0) is 50.2 Å². The summed E-state index contributed by atoms with van der Waals surface area (Å²) >= 11 is 0. The summed E-state index contributed by atoms with van der Waals surface area (Å²) in [5.41, 5.74) is 2.13. The van der Waals surface area contributed by atoms with Gasteiger partial charge in [0.1, 0.15) is 17.6 Å². The molecule has 34 heavy (non-hydrogen) atoms. The molecule has 3 aromatic heterocycles. The van der Waals surface area contributed by atoms with E-state index >= 15 is 0 Å². The van der Waals surface area contributed by atoms with Gasteiger partial charge in [-0.1, -0.05) is 0 Å². The van der Waals surface area contributed by atoms with Crippen LogP contribution in [0, 0.1) is 17.0 Å². The molecule has 4 aromatic rings. The SMILES string of the molecule is CC1=C(C(=O)Nc2cccnc2)C(c2ccc(C)o2)n2nc(-c3ccc([N+](=O)[O-])cc3)nc2N1. The van der Waals surface area contributed by atoms with Crippen molar-refractivity contribution in [2.45, 2.75) is 19.9 Å². The average molecular weight is 457 g/mol. The average Bonchev–Trinajstić information content (AvgIpc) is 3.45. The number of furan rings is 1. The number of hydrogen-bond acceptors (Lipinski definition) is 8. The lowest BCUT2D eigenvalue weighted by molar-refractivity contribution is -0.384. The molecule has 1 atom stereocenters. The number of nitrogens with zero attached hydrogens (tertiary/aromatic N) is 5. The normalized spacial score (nSPS) is 14.9. The van der Waals surface area contributed by atoms with E-state index in [0.29, 0.717) is 45.8 Å². The van der Waals surface area contributed by atoms with Gasteiger partial charge >= 0.3 is 0 Å². The Morgan fingerprint density at radius 3 is 2.62 bits per heavy atom. The van der Waals surface area contributed by atoms with E-state index in [0.717, 1.165) is 0 Å². The Labute approximate surface area is 193 Å². The molecule has 170 valence electrons. The van der Waals surface area contributed by atoms with Gasteiger partial charge in [-0.2, -0.15) is 4.98 Å². The fraction of sp³-hybridized carbons (Fsp3) is 0.130. The lowest BCUT2D eigenvalue weighted by atomic mass is 10.00. The zero-order valence-corrected chi connectivity index (χ0v) is 18.2. The Kier molecular flexibility index (Phi) is 5.13. The Hall–Kier alpha value is -4.80. The van der Waals surface area contributed by atoms with Crippen LogP contribution in [-0.4, -0.2) is 30.6 Å². The van der Waals surface area contributed by atoms with Crippen molar-refractivity contribution in [1.82, 2.24) is 19.7 Å². The van der Waals surface area contributed by atoms with E-state index in [1.165, 1.54) is 12.1 Å². The highest BCUT2D eigenvalue weighted by molar-refractivity contribution is 6.05. The van der Waals surface area contributed by atoms with Crippen LogP contribution in [0.3, 0.4) is 0 Å². The van der Waals surface area contributed by atoms with Crippen molar-refractivity contribution < 1.29 is 14.1 Å². The predicted molar refractivity (Wildman–Crippen MR) is 123 cm³/mol. The molecule has 0 saturated heterocycles. The number of non-ortho nitro benzene ring substituents is 1. The number of carbonyl (C=O) groups is 1. The van der Waals surface area contributed by atoms with Gasteiger partial charge in [-0.3, -0.25) is 19.9 Å². The second-order valence-electron chi connectivity index (χ2n) is 7.72. The minimum absolute atomic E-state index is 0.0262. The Morgan fingerprint density at radius 1 is 1.18 bits per heavy atom. The topological polar surface area (TPSA) is 141 Å². The molecule has 0 spiro atoms. The molecular formula is C23H19N7O4. The number of nitro groups is 1. The van der Waals surface area contributed by atoms with Crippen molar-refractivity contribution >= 4 is 23.2 Å². The summed E-state index contributed by atoms with van der Waals surface area (Å²) in [6, 6.07) is 12.4. The third kappa shape index (κ3) is 3.79. The summed E-state index contributed by atoms with van der Waals surface area (Å²) in [4.78, 5) is 32.5. The lowest BCUT2D eigenvalue weighted by Gasteiger charge is -2.27. The molecule has 1 aliphatic rings. The van der Waals surface area contributed by atoms with Crippen LogP contribution in [0.25, 0.3) is 11.4 Å². The number of hydrogen-bond donors (Lipinski definition) is 2. The highest BCUT2D eigenvalue weighted by atomic mass is 16.6. The number of rotatable bonds is 5. The van der Waals surface area contributed by atoms with Gasteiger partial charge in [0, 0.05) is 29.6 Å². The van der Waals surface area contributed by atoms with E-state index in [1.807, 2.05) is 13.0 Å². The van der Waals surface area contributed by atoms with Crippen LogP contribution >= 0.6 is 0 Å². The standard InChI is InChI=1S/C23H19N7O4/c1-13-5-10-18(34-13)20-19(22(31)26-16-4-3-11-24-12-16)14(2)25-23-27-21(28-29(20)23)15-6-8-17(9-7-15)30(32)33/h3-12,20H,1-2H3,(H,26,31)(H,25,27,28). The number of nitrogens with one attached hydrogen (secondary N) is 2. The molecule has 1 unspecified atom stereocenters. The lowest BCUT2D eigenvalue weighted by Crippen LogP contribution is -2.31. The first-order chi connectivity index (χ1) is 16.4. The number of allylic oxidation sites excluding steroid dienone is 1. The molecule has 11 nitrogen and oxygen atoms in total. The third-order valence-electron chi connectivity index (χ3n) is 5.38.